The minimum atomic E-state index is -1.40. The lowest BCUT2D eigenvalue weighted by molar-refractivity contribution is -0.0338. The first kappa shape index (κ1) is 11.5. The van der Waals surface area contributed by atoms with Gasteiger partial charge in [-0.2, -0.15) is 0 Å². The van der Waals surface area contributed by atoms with E-state index in [4.69, 9.17) is 9.47 Å². The van der Waals surface area contributed by atoms with E-state index in [-0.39, 0.29) is 6.61 Å². The van der Waals surface area contributed by atoms with Crippen LogP contribution in [0.2, 0.25) is 0 Å². The molecule has 2 rings (SSSR count). The fourth-order valence-corrected chi connectivity index (χ4v) is 1.94. The van der Waals surface area contributed by atoms with Crippen LogP contribution in [0.15, 0.2) is 30.3 Å². The van der Waals surface area contributed by atoms with E-state index >= 15 is 0 Å². The monoisotopic (exact) mass is 226 g/mol. The molecule has 1 heterocycles. The molecule has 4 heteroatoms. The first-order valence-corrected chi connectivity index (χ1v) is 5.25. The zero-order chi connectivity index (χ0) is 11.5. The van der Waals surface area contributed by atoms with E-state index in [9.17, 15) is 9.50 Å². The van der Waals surface area contributed by atoms with E-state index in [0.717, 1.165) is 5.56 Å². The minimum absolute atomic E-state index is 0.199. The van der Waals surface area contributed by atoms with Crippen LogP contribution in [0.3, 0.4) is 0 Å². The average Bonchev–Trinajstić information content (AvgIpc) is 2.59. The Morgan fingerprint density at radius 2 is 2.06 bits per heavy atom. The lowest BCUT2D eigenvalue weighted by Crippen LogP contribution is -2.30. The molecule has 0 aromatic heterocycles. The molecule has 1 aromatic rings. The van der Waals surface area contributed by atoms with Crippen molar-refractivity contribution < 1.29 is 19.0 Å². The SMILES string of the molecule is COC[C@H]1O[C@@H](c2ccccc2)[C@H](F)[C@@H]1O. The Kier molecular flexibility index (Phi) is 3.53. The number of ether oxygens (including phenoxy) is 2. The first-order chi connectivity index (χ1) is 7.74. The molecule has 1 saturated heterocycles. The third kappa shape index (κ3) is 2.09. The van der Waals surface area contributed by atoms with Crippen molar-refractivity contribution in [3.8, 4) is 0 Å². The van der Waals surface area contributed by atoms with Gasteiger partial charge >= 0.3 is 0 Å². The van der Waals surface area contributed by atoms with Crippen molar-refractivity contribution in [2.24, 2.45) is 0 Å². The zero-order valence-electron chi connectivity index (χ0n) is 9.04. The van der Waals surface area contributed by atoms with E-state index < -0.39 is 24.5 Å². The third-order valence-electron chi connectivity index (χ3n) is 2.78. The molecule has 0 saturated carbocycles. The van der Waals surface area contributed by atoms with Crippen LogP contribution >= 0.6 is 0 Å². The Labute approximate surface area is 93.8 Å². The van der Waals surface area contributed by atoms with Gasteiger partial charge in [-0.1, -0.05) is 30.3 Å². The maximum absolute atomic E-state index is 13.8. The molecule has 1 aromatic carbocycles. The van der Waals surface area contributed by atoms with Crippen LogP contribution in [0.25, 0.3) is 0 Å². The summed E-state index contributed by atoms with van der Waals surface area (Å²) in [5.41, 5.74) is 0.743. The molecule has 0 spiro atoms. The summed E-state index contributed by atoms with van der Waals surface area (Å²) in [5, 5.41) is 9.64. The molecule has 88 valence electrons. The van der Waals surface area contributed by atoms with Crippen molar-refractivity contribution in [2.45, 2.75) is 24.5 Å². The Bertz CT molecular complexity index is 330. The molecular formula is C12H15FO3. The average molecular weight is 226 g/mol. The van der Waals surface area contributed by atoms with Crippen LogP contribution in [0.5, 0.6) is 0 Å². The summed E-state index contributed by atoms with van der Waals surface area (Å²) in [7, 11) is 1.50. The predicted octanol–water partition coefficient (Wildman–Crippen LogP) is 1.47. The van der Waals surface area contributed by atoms with Crippen molar-refractivity contribution in [3.63, 3.8) is 0 Å². The van der Waals surface area contributed by atoms with Crippen molar-refractivity contribution in [1.82, 2.24) is 0 Å². The van der Waals surface area contributed by atoms with Gasteiger partial charge in [0.25, 0.3) is 0 Å². The standard InChI is InChI=1S/C12H15FO3/c1-15-7-9-11(14)10(13)12(16-9)8-5-3-2-4-6-8/h2-6,9-12,14H,7H2,1H3/t9-,10-,11-,12+/m1/s1. The van der Waals surface area contributed by atoms with Crippen molar-refractivity contribution in [3.05, 3.63) is 35.9 Å². The third-order valence-corrected chi connectivity index (χ3v) is 2.78. The minimum Gasteiger partial charge on any atom is -0.387 e. The highest BCUT2D eigenvalue weighted by molar-refractivity contribution is 5.20. The summed E-state index contributed by atoms with van der Waals surface area (Å²) in [4.78, 5) is 0. The quantitative estimate of drug-likeness (QED) is 0.848. The van der Waals surface area contributed by atoms with Gasteiger partial charge in [-0.3, -0.25) is 0 Å². The second kappa shape index (κ2) is 4.91. The lowest BCUT2D eigenvalue weighted by atomic mass is 10.0. The number of aliphatic hydroxyl groups is 1. The molecular weight excluding hydrogens is 211 g/mol. The fourth-order valence-electron chi connectivity index (χ4n) is 1.94. The Morgan fingerprint density at radius 1 is 1.38 bits per heavy atom. The highest BCUT2D eigenvalue weighted by Crippen LogP contribution is 2.35. The number of hydrogen-bond donors (Lipinski definition) is 1. The van der Waals surface area contributed by atoms with E-state index in [1.54, 1.807) is 12.1 Å². The van der Waals surface area contributed by atoms with Gasteiger partial charge < -0.3 is 14.6 Å². The molecule has 0 aliphatic carbocycles. The van der Waals surface area contributed by atoms with Crippen molar-refractivity contribution in [2.75, 3.05) is 13.7 Å². The van der Waals surface area contributed by atoms with Gasteiger partial charge in [-0.05, 0) is 5.56 Å². The Balaban J connectivity index is 2.13. The number of alkyl halides is 1. The van der Waals surface area contributed by atoms with Gasteiger partial charge in [0.2, 0.25) is 0 Å². The second-order valence-corrected chi connectivity index (χ2v) is 3.90. The molecule has 3 nitrogen and oxygen atoms in total. The summed E-state index contributed by atoms with van der Waals surface area (Å²) in [6.45, 7) is 0.199. The summed E-state index contributed by atoms with van der Waals surface area (Å²) in [5.74, 6) is 0. The Hall–Kier alpha value is -0.970. The number of hydrogen-bond acceptors (Lipinski definition) is 3. The van der Waals surface area contributed by atoms with Crippen LogP contribution in [-0.2, 0) is 9.47 Å². The van der Waals surface area contributed by atoms with Crippen LogP contribution in [0.4, 0.5) is 4.39 Å². The number of rotatable bonds is 3. The number of halogens is 1. The summed E-state index contributed by atoms with van der Waals surface area (Å²) >= 11 is 0. The van der Waals surface area contributed by atoms with Gasteiger partial charge in [0.1, 0.15) is 18.3 Å². The molecule has 1 fully saturated rings. The van der Waals surface area contributed by atoms with Gasteiger partial charge in [-0.25, -0.2) is 4.39 Å². The van der Waals surface area contributed by atoms with Crippen LogP contribution in [0, 0.1) is 0 Å². The maximum atomic E-state index is 13.8. The first-order valence-electron chi connectivity index (χ1n) is 5.25. The normalized spacial score (nSPS) is 34.2. The second-order valence-electron chi connectivity index (χ2n) is 3.90. The molecule has 1 aliphatic rings. The number of methoxy groups -OCH3 is 1. The molecule has 0 amide bonds. The van der Waals surface area contributed by atoms with Crippen LogP contribution < -0.4 is 0 Å². The van der Waals surface area contributed by atoms with Crippen LogP contribution in [-0.4, -0.2) is 37.2 Å². The highest BCUT2D eigenvalue weighted by atomic mass is 19.1. The van der Waals surface area contributed by atoms with Crippen molar-refractivity contribution in [1.29, 1.82) is 0 Å². The molecule has 4 atom stereocenters. The topological polar surface area (TPSA) is 38.7 Å². The lowest BCUT2D eigenvalue weighted by Gasteiger charge is -2.13. The Morgan fingerprint density at radius 3 is 2.69 bits per heavy atom. The van der Waals surface area contributed by atoms with Gasteiger partial charge in [0.05, 0.1) is 6.61 Å². The van der Waals surface area contributed by atoms with E-state index in [2.05, 4.69) is 0 Å². The van der Waals surface area contributed by atoms with Gasteiger partial charge in [-0.15, -0.1) is 0 Å². The molecule has 0 bridgehead atoms. The molecule has 0 radical (unpaired) electrons. The molecule has 16 heavy (non-hydrogen) atoms. The zero-order valence-corrected chi connectivity index (χ0v) is 9.04. The van der Waals surface area contributed by atoms with Gasteiger partial charge in [0, 0.05) is 7.11 Å². The summed E-state index contributed by atoms with van der Waals surface area (Å²) < 4.78 is 24.1. The highest BCUT2D eigenvalue weighted by Gasteiger charge is 2.44. The molecule has 1 N–H and O–H groups in total. The number of benzene rings is 1. The van der Waals surface area contributed by atoms with Crippen molar-refractivity contribution >= 4 is 0 Å². The predicted molar refractivity (Wildman–Crippen MR) is 56.8 cm³/mol. The fraction of sp³-hybridized carbons (Fsp3) is 0.500. The largest absolute Gasteiger partial charge is 0.387 e. The molecule has 0 unspecified atom stereocenters. The molecule has 1 aliphatic heterocycles. The van der Waals surface area contributed by atoms with Gasteiger partial charge in [0.15, 0.2) is 6.17 Å². The van der Waals surface area contributed by atoms with E-state index in [1.165, 1.54) is 7.11 Å². The van der Waals surface area contributed by atoms with Crippen LogP contribution in [0.1, 0.15) is 11.7 Å². The van der Waals surface area contributed by atoms with E-state index in [1.807, 2.05) is 18.2 Å². The maximum Gasteiger partial charge on any atom is 0.159 e. The smallest absolute Gasteiger partial charge is 0.159 e. The van der Waals surface area contributed by atoms with E-state index in [0.29, 0.717) is 0 Å². The summed E-state index contributed by atoms with van der Waals surface area (Å²) in [6.07, 6.45) is -3.81. The summed E-state index contributed by atoms with van der Waals surface area (Å²) in [6, 6.07) is 9.08. The number of aliphatic hydroxyl groups excluding tert-OH is 1.